The van der Waals surface area contributed by atoms with Crippen LogP contribution in [-0.2, 0) is 4.74 Å². The molecule has 19 heavy (non-hydrogen) atoms. The first kappa shape index (κ1) is 14.4. The zero-order valence-corrected chi connectivity index (χ0v) is 12.1. The fraction of sp³-hybridized carbons (Fsp3) is 0.800. The third kappa shape index (κ3) is 4.53. The van der Waals surface area contributed by atoms with Gasteiger partial charge in [-0.05, 0) is 25.7 Å². The Balaban J connectivity index is 1.73. The molecule has 1 saturated carbocycles. The lowest BCUT2D eigenvalue weighted by molar-refractivity contribution is 0.134. The largest absolute Gasteiger partial charge is 0.381 e. The monoisotopic (exact) mass is 265 g/mol. The number of ether oxygens (including phenoxy) is 1. The van der Waals surface area contributed by atoms with Crippen LogP contribution in [-0.4, -0.2) is 29.3 Å². The maximum atomic E-state index is 5.48. The molecule has 0 unspecified atom stereocenters. The van der Waals surface area contributed by atoms with Gasteiger partial charge in [0.05, 0.1) is 0 Å². The quantitative estimate of drug-likeness (QED) is 0.730. The van der Waals surface area contributed by atoms with E-state index >= 15 is 0 Å². The summed E-state index contributed by atoms with van der Waals surface area (Å²) in [4.78, 5) is 4.44. The first-order chi connectivity index (χ1) is 9.42. The van der Waals surface area contributed by atoms with Gasteiger partial charge in [-0.3, -0.25) is 0 Å². The predicted octanol–water partition coefficient (Wildman–Crippen LogP) is 3.62. The Morgan fingerprint density at radius 2 is 2.16 bits per heavy atom. The maximum absolute atomic E-state index is 5.48. The van der Waals surface area contributed by atoms with E-state index in [-0.39, 0.29) is 0 Å². The number of hydrogen-bond acceptors (Lipinski definition) is 3. The lowest BCUT2D eigenvalue weighted by Gasteiger charge is -2.24. The summed E-state index contributed by atoms with van der Waals surface area (Å²) < 4.78 is 7.81. The van der Waals surface area contributed by atoms with Gasteiger partial charge in [0, 0.05) is 38.2 Å². The molecule has 1 aromatic rings. The highest BCUT2D eigenvalue weighted by Gasteiger charge is 2.17. The Hall–Kier alpha value is -1.03. The van der Waals surface area contributed by atoms with Crippen LogP contribution in [0.25, 0.3) is 0 Å². The predicted molar refractivity (Wildman–Crippen MR) is 78.6 cm³/mol. The van der Waals surface area contributed by atoms with Gasteiger partial charge >= 0.3 is 0 Å². The Bertz CT molecular complexity index is 345. The van der Waals surface area contributed by atoms with Gasteiger partial charge in [0.2, 0.25) is 5.95 Å². The minimum Gasteiger partial charge on any atom is -0.381 e. The molecule has 0 atom stereocenters. The third-order valence-electron chi connectivity index (χ3n) is 3.73. The van der Waals surface area contributed by atoms with Crippen LogP contribution < -0.4 is 5.32 Å². The normalized spacial score (nSPS) is 16.7. The second-order valence-electron chi connectivity index (χ2n) is 5.34. The molecular weight excluding hydrogens is 238 g/mol. The summed E-state index contributed by atoms with van der Waals surface area (Å²) in [5.74, 6) is 1.03. The van der Waals surface area contributed by atoms with Crippen LogP contribution >= 0.6 is 0 Å². The molecule has 0 saturated heterocycles. The molecule has 108 valence electrons. The van der Waals surface area contributed by atoms with E-state index in [2.05, 4.69) is 28.0 Å². The molecule has 0 aliphatic heterocycles. The van der Waals surface area contributed by atoms with Gasteiger partial charge in [0.25, 0.3) is 0 Å². The summed E-state index contributed by atoms with van der Waals surface area (Å²) in [5, 5.41) is 3.44. The van der Waals surface area contributed by atoms with Gasteiger partial charge in [0.1, 0.15) is 0 Å². The summed E-state index contributed by atoms with van der Waals surface area (Å²) in [6.45, 7) is 4.79. The Morgan fingerprint density at radius 3 is 2.95 bits per heavy atom. The van der Waals surface area contributed by atoms with Crippen molar-refractivity contribution in [2.24, 2.45) is 0 Å². The van der Waals surface area contributed by atoms with Crippen LogP contribution in [0.5, 0.6) is 0 Å². The van der Waals surface area contributed by atoms with E-state index in [0.29, 0.717) is 6.04 Å². The van der Waals surface area contributed by atoms with E-state index in [1.165, 1.54) is 32.1 Å². The first-order valence-electron chi connectivity index (χ1n) is 7.76. The number of rotatable bonds is 8. The van der Waals surface area contributed by atoms with Crippen molar-refractivity contribution in [3.63, 3.8) is 0 Å². The van der Waals surface area contributed by atoms with Gasteiger partial charge in [-0.25, -0.2) is 4.98 Å². The smallest absolute Gasteiger partial charge is 0.203 e. The average Bonchev–Trinajstić information content (AvgIpc) is 2.92. The van der Waals surface area contributed by atoms with E-state index in [9.17, 15) is 0 Å². The molecule has 1 aromatic heterocycles. The molecule has 4 nitrogen and oxygen atoms in total. The molecule has 0 amide bonds. The molecule has 4 heteroatoms. The molecule has 0 radical (unpaired) electrons. The van der Waals surface area contributed by atoms with Crippen molar-refractivity contribution in [2.45, 2.75) is 57.9 Å². The number of aromatic nitrogens is 2. The maximum Gasteiger partial charge on any atom is 0.203 e. The van der Waals surface area contributed by atoms with Crippen molar-refractivity contribution in [1.29, 1.82) is 0 Å². The van der Waals surface area contributed by atoms with Crippen molar-refractivity contribution < 1.29 is 4.74 Å². The van der Waals surface area contributed by atoms with Crippen molar-refractivity contribution in [1.82, 2.24) is 9.55 Å². The topological polar surface area (TPSA) is 39.1 Å². The zero-order chi connectivity index (χ0) is 13.3. The molecule has 1 heterocycles. The molecule has 1 aliphatic rings. The van der Waals surface area contributed by atoms with E-state index in [4.69, 9.17) is 4.74 Å². The lowest BCUT2D eigenvalue weighted by atomic mass is 9.95. The van der Waals surface area contributed by atoms with E-state index in [0.717, 1.165) is 38.5 Å². The number of anilines is 1. The number of nitrogens with one attached hydrogen (secondary N) is 1. The highest BCUT2D eigenvalue weighted by Crippen LogP contribution is 2.29. The van der Waals surface area contributed by atoms with Crippen LogP contribution in [0.2, 0.25) is 0 Å². The van der Waals surface area contributed by atoms with Crippen molar-refractivity contribution in [3.8, 4) is 0 Å². The molecular formula is C15H27N3O. The summed E-state index contributed by atoms with van der Waals surface area (Å²) >= 11 is 0. The second-order valence-corrected chi connectivity index (χ2v) is 5.34. The average molecular weight is 265 g/mol. The second kappa shape index (κ2) is 8.20. The Morgan fingerprint density at radius 1 is 1.32 bits per heavy atom. The van der Waals surface area contributed by atoms with Crippen LogP contribution in [0.1, 0.15) is 57.9 Å². The Labute approximate surface area is 116 Å². The zero-order valence-electron chi connectivity index (χ0n) is 12.1. The van der Waals surface area contributed by atoms with Crippen molar-refractivity contribution in [2.75, 3.05) is 25.1 Å². The van der Waals surface area contributed by atoms with Gasteiger partial charge in [-0.1, -0.05) is 26.2 Å². The van der Waals surface area contributed by atoms with E-state index in [1.54, 1.807) is 0 Å². The molecule has 0 bridgehead atoms. The summed E-state index contributed by atoms with van der Waals surface area (Å²) in [6.07, 6.45) is 12.9. The SMILES string of the molecule is CCCOCCCNc1nccn1C1CCCCC1. The minimum atomic E-state index is 0.648. The number of hydrogen-bond donors (Lipinski definition) is 1. The molecule has 1 fully saturated rings. The summed E-state index contributed by atoms with van der Waals surface area (Å²) in [5.41, 5.74) is 0. The number of imidazole rings is 1. The van der Waals surface area contributed by atoms with Crippen LogP contribution in [0, 0.1) is 0 Å². The van der Waals surface area contributed by atoms with Crippen molar-refractivity contribution in [3.05, 3.63) is 12.4 Å². The molecule has 2 rings (SSSR count). The molecule has 0 aromatic carbocycles. The fourth-order valence-electron chi connectivity index (χ4n) is 2.72. The third-order valence-corrected chi connectivity index (χ3v) is 3.73. The minimum absolute atomic E-state index is 0.648. The highest BCUT2D eigenvalue weighted by molar-refractivity contribution is 5.26. The molecule has 1 N–H and O–H groups in total. The van der Waals surface area contributed by atoms with Crippen LogP contribution in [0.4, 0.5) is 5.95 Å². The standard InChI is InChI=1S/C15H27N3O/c1-2-12-19-13-6-9-16-15-17-10-11-18(15)14-7-4-3-5-8-14/h10-11,14H,2-9,12-13H2,1H3,(H,16,17). The van der Waals surface area contributed by atoms with Crippen molar-refractivity contribution >= 4 is 5.95 Å². The lowest BCUT2D eigenvalue weighted by Crippen LogP contribution is -2.16. The van der Waals surface area contributed by atoms with Gasteiger partial charge in [0.15, 0.2) is 0 Å². The summed E-state index contributed by atoms with van der Waals surface area (Å²) in [7, 11) is 0. The van der Waals surface area contributed by atoms with Crippen LogP contribution in [0.15, 0.2) is 12.4 Å². The summed E-state index contributed by atoms with van der Waals surface area (Å²) in [6, 6.07) is 0.648. The molecule has 1 aliphatic carbocycles. The first-order valence-corrected chi connectivity index (χ1v) is 7.76. The van der Waals surface area contributed by atoms with Gasteiger partial charge < -0.3 is 14.6 Å². The Kier molecular flexibility index (Phi) is 6.21. The molecule has 0 spiro atoms. The van der Waals surface area contributed by atoms with Crippen LogP contribution in [0.3, 0.4) is 0 Å². The fourth-order valence-corrected chi connectivity index (χ4v) is 2.72. The van der Waals surface area contributed by atoms with E-state index < -0.39 is 0 Å². The number of nitrogens with zero attached hydrogens (tertiary/aromatic N) is 2. The van der Waals surface area contributed by atoms with Gasteiger partial charge in [-0.2, -0.15) is 0 Å². The highest BCUT2D eigenvalue weighted by atomic mass is 16.5. The van der Waals surface area contributed by atoms with E-state index in [1.807, 2.05) is 6.20 Å². The van der Waals surface area contributed by atoms with Gasteiger partial charge in [-0.15, -0.1) is 0 Å².